The first-order valence-electron chi connectivity index (χ1n) is 9.37. The van der Waals surface area contributed by atoms with Gasteiger partial charge in [-0.25, -0.2) is 0 Å². The number of ether oxygens (including phenoxy) is 1. The Morgan fingerprint density at radius 2 is 1.39 bits per heavy atom. The van der Waals surface area contributed by atoms with E-state index in [0.29, 0.717) is 17.3 Å². The van der Waals surface area contributed by atoms with E-state index in [2.05, 4.69) is 35.8 Å². The Labute approximate surface area is 176 Å². The van der Waals surface area contributed by atoms with Gasteiger partial charge in [0.1, 0.15) is 5.69 Å². The minimum atomic E-state index is -2.96. The molecule has 3 N–H and O–H groups in total. The molecule has 0 amide bonds. The van der Waals surface area contributed by atoms with Crippen LogP contribution in [0.5, 0.6) is 5.75 Å². The van der Waals surface area contributed by atoms with Crippen molar-refractivity contribution >= 4 is 34.4 Å². The van der Waals surface area contributed by atoms with Gasteiger partial charge in [-0.3, -0.25) is 5.10 Å². The molecule has 0 aliphatic carbocycles. The minimum Gasteiger partial charge on any atom is -0.432 e. The van der Waals surface area contributed by atoms with Gasteiger partial charge in [0.2, 0.25) is 0 Å². The summed E-state index contributed by atoms with van der Waals surface area (Å²) in [4.78, 5) is 0. The minimum absolute atomic E-state index is 0.0696. The van der Waals surface area contributed by atoms with Crippen LogP contribution in [0.1, 0.15) is 0 Å². The topological polar surface area (TPSA) is 86.7 Å². The molecule has 1 aromatic heterocycles. The van der Waals surface area contributed by atoms with Crippen molar-refractivity contribution in [2.45, 2.75) is 6.61 Å². The zero-order valence-corrected chi connectivity index (χ0v) is 16.2. The van der Waals surface area contributed by atoms with Crippen molar-refractivity contribution in [2.24, 2.45) is 10.2 Å². The highest BCUT2D eigenvalue weighted by molar-refractivity contribution is 5.80. The highest BCUT2D eigenvalue weighted by Crippen LogP contribution is 2.37. The standard InChI is InChI=1S/C22H18F2N6O/c23-22(24)31-18-14-8-7-13-17(18)27-28-19-20(25-15-9-3-1-4-10-15)29-30-21(19)26-16-11-5-2-6-12-16/h1-14,22H,(H3,25,26,29,30). The van der Waals surface area contributed by atoms with Crippen molar-refractivity contribution in [3.05, 3.63) is 84.9 Å². The van der Waals surface area contributed by atoms with Gasteiger partial charge in [-0.15, -0.1) is 10.2 Å². The number of aromatic nitrogens is 2. The lowest BCUT2D eigenvalue weighted by molar-refractivity contribution is -0.0494. The maximum Gasteiger partial charge on any atom is 0.387 e. The lowest BCUT2D eigenvalue weighted by Gasteiger charge is -2.07. The summed E-state index contributed by atoms with van der Waals surface area (Å²) in [6.45, 7) is -2.96. The van der Waals surface area contributed by atoms with E-state index in [4.69, 9.17) is 0 Å². The van der Waals surface area contributed by atoms with Crippen molar-refractivity contribution in [3.8, 4) is 5.75 Å². The number of anilines is 4. The summed E-state index contributed by atoms with van der Waals surface area (Å²) in [5.74, 6) is 0.834. The smallest absolute Gasteiger partial charge is 0.387 e. The number of rotatable bonds is 8. The van der Waals surface area contributed by atoms with Crippen molar-refractivity contribution in [1.29, 1.82) is 0 Å². The molecule has 0 atom stereocenters. The van der Waals surface area contributed by atoms with Crippen molar-refractivity contribution in [1.82, 2.24) is 10.2 Å². The zero-order chi connectivity index (χ0) is 21.5. The summed E-state index contributed by atoms with van der Waals surface area (Å²) in [5, 5.41) is 22.0. The fourth-order valence-electron chi connectivity index (χ4n) is 2.77. The van der Waals surface area contributed by atoms with Crippen LogP contribution in [0.15, 0.2) is 95.2 Å². The Hall–Kier alpha value is -4.27. The van der Waals surface area contributed by atoms with Crippen LogP contribution in [0.2, 0.25) is 0 Å². The third-order valence-corrected chi connectivity index (χ3v) is 4.16. The van der Waals surface area contributed by atoms with Crippen molar-refractivity contribution < 1.29 is 13.5 Å². The van der Waals surface area contributed by atoms with Crippen molar-refractivity contribution in [3.63, 3.8) is 0 Å². The second-order valence-electron chi connectivity index (χ2n) is 6.32. The number of aromatic amines is 1. The second kappa shape index (κ2) is 9.49. The summed E-state index contributed by atoms with van der Waals surface area (Å²) in [6.07, 6.45) is 0. The molecule has 0 saturated carbocycles. The predicted molar refractivity (Wildman–Crippen MR) is 115 cm³/mol. The van der Waals surface area contributed by atoms with E-state index in [0.717, 1.165) is 11.4 Å². The molecule has 3 aromatic carbocycles. The monoisotopic (exact) mass is 420 g/mol. The number of alkyl halides is 2. The van der Waals surface area contributed by atoms with E-state index in [-0.39, 0.29) is 11.4 Å². The fourth-order valence-corrected chi connectivity index (χ4v) is 2.77. The normalized spacial score (nSPS) is 11.1. The van der Waals surface area contributed by atoms with Gasteiger partial charge >= 0.3 is 6.61 Å². The molecule has 4 rings (SSSR count). The zero-order valence-electron chi connectivity index (χ0n) is 16.2. The van der Waals surface area contributed by atoms with E-state index in [9.17, 15) is 8.78 Å². The molecule has 0 fully saturated rings. The molecule has 7 nitrogen and oxygen atoms in total. The molecule has 0 aliphatic heterocycles. The van der Waals surface area contributed by atoms with Gasteiger partial charge in [-0.05, 0) is 36.4 Å². The van der Waals surface area contributed by atoms with Crippen LogP contribution in [0.25, 0.3) is 0 Å². The first kappa shape index (κ1) is 20.0. The molecule has 0 radical (unpaired) electrons. The molecule has 1 heterocycles. The van der Waals surface area contributed by atoms with Gasteiger partial charge in [0.25, 0.3) is 0 Å². The number of H-pyrrole nitrogens is 1. The van der Waals surface area contributed by atoms with Gasteiger partial charge in [0.15, 0.2) is 23.1 Å². The number of halogens is 2. The Kier molecular flexibility index (Phi) is 6.13. The number of hydrogen-bond donors (Lipinski definition) is 3. The Morgan fingerprint density at radius 3 is 2.06 bits per heavy atom. The molecule has 0 unspecified atom stereocenters. The summed E-state index contributed by atoms with van der Waals surface area (Å²) < 4.78 is 29.9. The Bertz CT molecular complexity index is 1090. The van der Waals surface area contributed by atoms with Gasteiger partial charge < -0.3 is 15.4 Å². The quantitative estimate of drug-likeness (QED) is 0.270. The molecule has 31 heavy (non-hydrogen) atoms. The average molecular weight is 420 g/mol. The first-order chi connectivity index (χ1) is 15.2. The van der Waals surface area contributed by atoms with Gasteiger partial charge in [0.05, 0.1) is 0 Å². The van der Waals surface area contributed by atoms with E-state index < -0.39 is 6.61 Å². The SMILES string of the molecule is FC(F)Oc1ccccc1N=Nc1c(Nc2ccccc2)n[nH]c1Nc1ccccc1. The van der Waals surface area contributed by atoms with Crippen LogP contribution < -0.4 is 15.4 Å². The number of para-hydroxylation sites is 3. The maximum atomic E-state index is 12.7. The molecular formula is C22H18F2N6O. The summed E-state index contributed by atoms with van der Waals surface area (Å²) >= 11 is 0. The van der Waals surface area contributed by atoms with Crippen LogP contribution in [-0.2, 0) is 0 Å². The number of benzene rings is 3. The van der Waals surface area contributed by atoms with Crippen molar-refractivity contribution in [2.75, 3.05) is 10.6 Å². The van der Waals surface area contributed by atoms with Crippen LogP contribution >= 0.6 is 0 Å². The summed E-state index contributed by atoms with van der Waals surface area (Å²) in [7, 11) is 0. The third kappa shape index (κ3) is 5.21. The molecule has 0 bridgehead atoms. The maximum absolute atomic E-state index is 12.7. The van der Waals surface area contributed by atoms with Gasteiger partial charge in [-0.2, -0.15) is 13.9 Å². The highest BCUT2D eigenvalue weighted by atomic mass is 19.3. The van der Waals surface area contributed by atoms with Crippen LogP contribution in [0, 0.1) is 0 Å². The summed E-state index contributed by atoms with van der Waals surface area (Å²) in [6, 6.07) is 25.1. The predicted octanol–water partition coefficient (Wildman–Crippen LogP) is 6.91. The molecule has 0 spiro atoms. The molecule has 4 aromatic rings. The fraction of sp³-hybridized carbons (Fsp3) is 0.0455. The van der Waals surface area contributed by atoms with Gasteiger partial charge in [-0.1, -0.05) is 48.5 Å². The van der Waals surface area contributed by atoms with E-state index in [1.54, 1.807) is 12.1 Å². The Morgan fingerprint density at radius 1 is 0.774 bits per heavy atom. The molecule has 0 saturated heterocycles. The van der Waals surface area contributed by atoms with E-state index >= 15 is 0 Å². The average Bonchev–Trinajstić information content (AvgIpc) is 3.15. The lowest BCUT2D eigenvalue weighted by Crippen LogP contribution is -2.01. The second-order valence-corrected chi connectivity index (χ2v) is 6.32. The van der Waals surface area contributed by atoms with Crippen LogP contribution in [-0.4, -0.2) is 16.8 Å². The highest BCUT2D eigenvalue weighted by Gasteiger charge is 2.15. The molecule has 9 heteroatoms. The largest absolute Gasteiger partial charge is 0.432 e. The third-order valence-electron chi connectivity index (χ3n) is 4.16. The number of nitrogens with one attached hydrogen (secondary N) is 3. The number of hydrogen-bond acceptors (Lipinski definition) is 6. The molecule has 156 valence electrons. The first-order valence-corrected chi connectivity index (χ1v) is 9.37. The Balaban J connectivity index is 1.68. The number of nitrogens with zero attached hydrogens (tertiary/aromatic N) is 3. The molecular weight excluding hydrogens is 402 g/mol. The van der Waals surface area contributed by atoms with Gasteiger partial charge in [0, 0.05) is 11.4 Å². The summed E-state index contributed by atoms with van der Waals surface area (Å²) in [5.41, 5.74) is 2.16. The van der Waals surface area contributed by atoms with Crippen LogP contribution in [0.3, 0.4) is 0 Å². The van der Waals surface area contributed by atoms with E-state index in [1.807, 2.05) is 60.7 Å². The molecule has 0 aliphatic rings. The number of azo groups is 1. The van der Waals surface area contributed by atoms with E-state index in [1.165, 1.54) is 12.1 Å². The lowest BCUT2D eigenvalue weighted by atomic mass is 10.3. The van der Waals surface area contributed by atoms with Crippen LogP contribution in [0.4, 0.5) is 43.2 Å².